The molecule has 1 aliphatic heterocycles. The van der Waals surface area contributed by atoms with E-state index in [9.17, 15) is 0 Å². The molecule has 0 spiro atoms. The van der Waals surface area contributed by atoms with E-state index in [0.717, 1.165) is 0 Å². The van der Waals surface area contributed by atoms with Crippen LogP contribution < -0.4 is 15.8 Å². The number of hydrogen-bond acceptors (Lipinski definition) is 1. The standard InChI is InChI=1S/C10H9N.BrH/c1-2-5-10-8-11-7-3-6-9(10)4-1;/h1-8,11H;1H. The molecule has 0 aromatic heterocycles. The van der Waals surface area contributed by atoms with Gasteiger partial charge in [0.05, 0.1) is 0 Å². The number of benzene rings is 1. The van der Waals surface area contributed by atoms with E-state index in [-0.39, 0.29) is 17.0 Å². The molecule has 1 aromatic rings. The minimum absolute atomic E-state index is 0. The molecular formula is C10H10BrN. The van der Waals surface area contributed by atoms with Crippen molar-refractivity contribution in [1.82, 2.24) is 5.32 Å². The fourth-order valence-corrected chi connectivity index (χ4v) is 1.14. The smallest absolute Gasteiger partial charge is 0.00836 e. The molecule has 62 valence electrons. The predicted molar refractivity (Wildman–Crippen MR) is 57.2 cm³/mol. The lowest BCUT2D eigenvalue weighted by molar-refractivity contribution is 1.28. The monoisotopic (exact) mass is 223 g/mol. The highest BCUT2D eigenvalue weighted by Gasteiger charge is 1.83. The quantitative estimate of drug-likeness (QED) is 0.690. The molecule has 0 fully saturated rings. The van der Waals surface area contributed by atoms with Gasteiger partial charge >= 0.3 is 0 Å². The Bertz CT molecular complexity index is 393. The van der Waals surface area contributed by atoms with E-state index in [1.807, 2.05) is 30.6 Å². The first-order chi connectivity index (χ1) is 5.47. The maximum absolute atomic E-state index is 3.07. The van der Waals surface area contributed by atoms with Gasteiger partial charge < -0.3 is 5.32 Å². The number of hydrogen-bond donors (Lipinski definition) is 1. The molecule has 0 saturated carbocycles. The number of halogens is 1. The van der Waals surface area contributed by atoms with Crippen LogP contribution in [0.2, 0.25) is 0 Å². The third-order valence-corrected chi connectivity index (χ3v) is 1.70. The van der Waals surface area contributed by atoms with Crippen LogP contribution in [0.5, 0.6) is 0 Å². The molecule has 0 radical (unpaired) electrons. The summed E-state index contributed by atoms with van der Waals surface area (Å²) in [6.45, 7) is 0. The maximum Gasteiger partial charge on any atom is 0.00836 e. The molecule has 1 heterocycles. The van der Waals surface area contributed by atoms with Gasteiger partial charge in [-0.15, -0.1) is 17.0 Å². The van der Waals surface area contributed by atoms with E-state index < -0.39 is 0 Å². The largest absolute Gasteiger partial charge is 0.367 e. The molecule has 0 amide bonds. The van der Waals surface area contributed by atoms with Crippen LogP contribution in [0.3, 0.4) is 0 Å². The first-order valence-corrected chi connectivity index (χ1v) is 3.65. The average molecular weight is 224 g/mol. The summed E-state index contributed by atoms with van der Waals surface area (Å²) in [5.41, 5.74) is 0. The fraction of sp³-hybridized carbons (Fsp3) is 0. The molecule has 1 nitrogen and oxygen atoms in total. The third-order valence-electron chi connectivity index (χ3n) is 1.70. The zero-order valence-corrected chi connectivity index (χ0v) is 8.24. The summed E-state index contributed by atoms with van der Waals surface area (Å²) >= 11 is 0. The zero-order chi connectivity index (χ0) is 7.52. The lowest BCUT2D eigenvalue weighted by Crippen LogP contribution is -2.24. The molecule has 2 heteroatoms. The van der Waals surface area contributed by atoms with E-state index in [1.165, 1.54) is 10.4 Å². The van der Waals surface area contributed by atoms with Crippen molar-refractivity contribution in [3.63, 3.8) is 0 Å². The van der Waals surface area contributed by atoms with E-state index >= 15 is 0 Å². The fourth-order valence-electron chi connectivity index (χ4n) is 1.14. The van der Waals surface area contributed by atoms with Crippen molar-refractivity contribution in [3.8, 4) is 0 Å². The summed E-state index contributed by atoms with van der Waals surface area (Å²) in [6, 6.07) is 8.27. The minimum Gasteiger partial charge on any atom is -0.367 e. The number of allylic oxidation sites excluding steroid dienone is 1. The highest BCUT2D eigenvalue weighted by molar-refractivity contribution is 8.93. The van der Waals surface area contributed by atoms with E-state index in [4.69, 9.17) is 0 Å². The van der Waals surface area contributed by atoms with Gasteiger partial charge in [0.15, 0.2) is 0 Å². The molecular weight excluding hydrogens is 214 g/mol. The lowest BCUT2D eigenvalue weighted by atomic mass is 10.2. The maximum atomic E-state index is 3.07. The van der Waals surface area contributed by atoms with E-state index in [1.54, 1.807) is 0 Å². The van der Waals surface area contributed by atoms with Crippen molar-refractivity contribution in [1.29, 1.82) is 0 Å². The lowest BCUT2D eigenvalue weighted by Gasteiger charge is -1.86. The zero-order valence-electron chi connectivity index (χ0n) is 6.53. The van der Waals surface area contributed by atoms with Gasteiger partial charge in [-0.2, -0.15) is 0 Å². The molecule has 1 aromatic carbocycles. The Morgan fingerprint density at radius 1 is 1.00 bits per heavy atom. The molecule has 2 rings (SSSR count). The number of nitrogens with one attached hydrogen (secondary N) is 1. The first-order valence-electron chi connectivity index (χ1n) is 3.65. The van der Waals surface area contributed by atoms with Crippen LogP contribution in [0.15, 0.2) is 36.5 Å². The normalized spacial score (nSPS) is 12.3. The summed E-state index contributed by atoms with van der Waals surface area (Å²) in [4.78, 5) is 0. The molecule has 0 saturated heterocycles. The van der Waals surface area contributed by atoms with Gasteiger partial charge in [-0.3, -0.25) is 0 Å². The van der Waals surface area contributed by atoms with Crippen molar-refractivity contribution < 1.29 is 0 Å². The Morgan fingerprint density at radius 3 is 2.58 bits per heavy atom. The van der Waals surface area contributed by atoms with Crippen LogP contribution >= 0.6 is 17.0 Å². The Kier molecular flexibility index (Phi) is 3.11. The molecule has 12 heavy (non-hydrogen) atoms. The molecule has 0 unspecified atom stereocenters. The summed E-state index contributed by atoms with van der Waals surface area (Å²) in [5.74, 6) is 0. The molecule has 0 atom stereocenters. The number of rotatable bonds is 0. The number of fused-ring (bicyclic) bond motifs is 1. The van der Waals surface area contributed by atoms with E-state index in [0.29, 0.717) is 0 Å². The summed E-state index contributed by atoms with van der Waals surface area (Å²) in [5, 5.41) is 5.56. The van der Waals surface area contributed by atoms with Gasteiger partial charge in [-0.25, -0.2) is 0 Å². The van der Waals surface area contributed by atoms with Crippen molar-refractivity contribution in [2.24, 2.45) is 0 Å². The van der Waals surface area contributed by atoms with Crippen molar-refractivity contribution in [3.05, 3.63) is 47.0 Å². The molecule has 1 aliphatic rings. The van der Waals surface area contributed by atoms with Crippen LogP contribution in [0, 0.1) is 0 Å². The highest BCUT2D eigenvalue weighted by atomic mass is 79.9. The second kappa shape index (κ2) is 4.12. The van der Waals surface area contributed by atoms with Crippen molar-refractivity contribution in [2.75, 3.05) is 0 Å². The molecule has 1 N–H and O–H groups in total. The van der Waals surface area contributed by atoms with Gasteiger partial charge in [0, 0.05) is 12.4 Å². The Labute approximate surface area is 81.9 Å². The Balaban J connectivity index is 0.000000720. The average Bonchev–Trinajstić information content (AvgIpc) is 2.28. The van der Waals surface area contributed by atoms with Gasteiger partial charge in [0.2, 0.25) is 0 Å². The van der Waals surface area contributed by atoms with Gasteiger partial charge in [-0.1, -0.05) is 30.3 Å². The molecule has 0 aliphatic carbocycles. The van der Waals surface area contributed by atoms with Crippen LogP contribution in [-0.2, 0) is 0 Å². The summed E-state index contributed by atoms with van der Waals surface area (Å²) in [6.07, 6.45) is 8.00. The SMILES string of the molecule is Br.C1=CNC=c2ccccc2=C1. The topological polar surface area (TPSA) is 12.0 Å². The summed E-state index contributed by atoms with van der Waals surface area (Å²) < 4.78 is 0. The Hall–Kier alpha value is -1.02. The van der Waals surface area contributed by atoms with Gasteiger partial charge in [0.25, 0.3) is 0 Å². The van der Waals surface area contributed by atoms with E-state index in [2.05, 4.69) is 23.5 Å². The third kappa shape index (κ3) is 1.77. The Morgan fingerprint density at radius 2 is 1.75 bits per heavy atom. The van der Waals surface area contributed by atoms with Gasteiger partial charge in [0.1, 0.15) is 0 Å². The van der Waals surface area contributed by atoms with Crippen molar-refractivity contribution >= 4 is 29.3 Å². The van der Waals surface area contributed by atoms with Crippen LogP contribution in [0.25, 0.3) is 12.3 Å². The minimum atomic E-state index is 0. The second-order valence-corrected chi connectivity index (χ2v) is 2.47. The van der Waals surface area contributed by atoms with Crippen LogP contribution in [-0.4, -0.2) is 0 Å². The van der Waals surface area contributed by atoms with Crippen molar-refractivity contribution in [2.45, 2.75) is 0 Å². The van der Waals surface area contributed by atoms with Crippen LogP contribution in [0.4, 0.5) is 0 Å². The summed E-state index contributed by atoms with van der Waals surface area (Å²) in [7, 11) is 0. The van der Waals surface area contributed by atoms with Gasteiger partial charge in [-0.05, 0) is 16.5 Å². The predicted octanol–water partition coefficient (Wildman–Crippen LogP) is 0.900. The molecule has 0 bridgehead atoms. The highest BCUT2D eigenvalue weighted by Crippen LogP contribution is 1.77. The second-order valence-electron chi connectivity index (χ2n) is 2.47. The van der Waals surface area contributed by atoms with Crippen LogP contribution in [0.1, 0.15) is 0 Å². The first kappa shape index (κ1) is 9.07.